The molecular weight excluding hydrogens is 462 g/mol. The molecule has 5 aromatic carbocycles. The van der Waals surface area contributed by atoms with Gasteiger partial charge in [0.15, 0.2) is 0 Å². The van der Waals surface area contributed by atoms with Gasteiger partial charge in [-0.1, -0.05) is 60.7 Å². The Kier molecular flexibility index (Phi) is 3.36. The second kappa shape index (κ2) is 6.39. The molecule has 0 aliphatic carbocycles. The summed E-state index contributed by atoms with van der Waals surface area (Å²) in [7, 11) is 0. The Labute approximate surface area is 208 Å². The van der Waals surface area contributed by atoms with E-state index in [0.29, 0.717) is 0 Å². The minimum Gasteiger partial charge on any atom is -0.315 e. The third kappa shape index (κ3) is 2.28. The fraction of sp³-hybridized carbons (Fsp3) is 0. The second-order valence-corrected chi connectivity index (χ2v) is 11.5. The third-order valence-corrected chi connectivity index (χ3v) is 9.82. The van der Waals surface area contributed by atoms with Gasteiger partial charge >= 0.3 is 0 Å². The van der Waals surface area contributed by atoms with Gasteiger partial charge in [-0.25, -0.2) is 0 Å². The number of nitrogens with zero attached hydrogens (tertiary/aromatic N) is 1. The van der Waals surface area contributed by atoms with E-state index in [9.17, 15) is 0 Å². The molecule has 0 bridgehead atoms. The average Bonchev–Trinajstić information content (AvgIpc) is 3.58. The highest BCUT2D eigenvalue weighted by molar-refractivity contribution is 7.26. The first-order valence-corrected chi connectivity index (χ1v) is 13.5. The molecule has 35 heavy (non-hydrogen) atoms. The van der Waals surface area contributed by atoms with Crippen LogP contribution in [0.5, 0.6) is 0 Å². The zero-order valence-electron chi connectivity index (χ0n) is 18.6. The molecule has 9 aromatic rings. The summed E-state index contributed by atoms with van der Waals surface area (Å²) in [5.41, 5.74) is 2.58. The summed E-state index contributed by atoms with van der Waals surface area (Å²) in [6, 6.07) is 36.0. The van der Waals surface area contributed by atoms with Gasteiger partial charge in [0.1, 0.15) is 0 Å². The van der Waals surface area contributed by atoms with Crippen LogP contribution >= 0.6 is 22.7 Å². The van der Waals surface area contributed by atoms with Crippen molar-refractivity contribution in [1.82, 2.24) is 4.40 Å². The van der Waals surface area contributed by atoms with Gasteiger partial charge in [-0.15, -0.1) is 22.7 Å². The normalized spacial score (nSPS) is 12.6. The highest BCUT2D eigenvalue weighted by atomic mass is 32.1. The van der Waals surface area contributed by atoms with Crippen LogP contribution in [0.3, 0.4) is 0 Å². The summed E-state index contributed by atoms with van der Waals surface area (Å²) in [5.74, 6) is 0. The van der Waals surface area contributed by atoms with Crippen molar-refractivity contribution in [3.05, 3.63) is 103 Å². The van der Waals surface area contributed by atoms with Crippen LogP contribution in [0.15, 0.2) is 103 Å². The summed E-state index contributed by atoms with van der Waals surface area (Å²) in [6.45, 7) is 0. The number of aromatic nitrogens is 1. The maximum absolute atomic E-state index is 2.47. The van der Waals surface area contributed by atoms with Crippen LogP contribution in [0.25, 0.3) is 78.3 Å². The van der Waals surface area contributed by atoms with E-state index in [1.54, 1.807) is 0 Å². The zero-order chi connectivity index (χ0) is 22.7. The Balaban J connectivity index is 1.67. The number of fused-ring (bicyclic) bond motifs is 15. The smallest absolute Gasteiger partial charge is 0.0614 e. The minimum atomic E-state index is 1.28. The molecule has 0 radical (unpaired) electrons. The van der Waals surface area contributed by atoms with Gasteiger partial charge in [0.2, 0.25) is 0 Å². The van der Waals surface area contributed by atoms with E-state index < -0.39 is 0 Å². The standard InChI is InChI=1S/C32H17NS2/c1-2-8-19-18(7-1)17-33-25-13-14-28-31(21-10-4-6-12-27(21)34-28)30(25)23-15-22-20-9-3-5-11-26(20)35-29(22)16-24(23)32(19)33/h1-17H. The Morgan fingerprint density at radius 1 is 0.457 bits per heavy atom. The number of hydrogen-bond donors (Lipinski definition) is 0. The molecule has 0 N–H and O–H groups in total. The third-order valence-electron chi connectivity index (χ3n) is 7.55. The lowest BCUT2D eigenvalue weighted by Crippen LogP contribution is -1.90. The largest absolute Gasteiger partial charge is 0.315 e. The monoisotopic (exact) mass is 479 g/mol. The highest BCUT2D eigenvalue weighted by Crippen LogP contribution is 2.46. The van der Waals surface area contributed by atoms with Crippen LogP contribution in [-0.2, 0) is 0 Å². The predicted molar refractivity (Wildman–Crippen MR) is 156 cm³/mol. The topological polar surface area (TPSA) is 4.41 Å². The molecule has 1 nitrogen and oxygen atoms in total. The maximum atomic E-state index is 2.47. The first-order valence-electron chi connectivity index (χ1n) is 11.9. The molecule has 0 saturated heterocycles. The molecule has 0 aliphatic rings. The van der Waals surface area contributed by atoms with E-state index >= 15 is 0 Å². The molecule has 9 rings (SSSR count). The van der Waals surface area contributed by atoms with Crippen molar-refractivity contribution >= 4 is 101 Å². The van der Waals surface area contributed by atoms with Crippen molar-refractivity contribution in [2.24, 2.45) is 0 Å². The van der Waals surface area contributed by atoms with Crippen LogP contribution in [0, 0.1) is 0 Å². The number of hydrogen-bond acceptors (Lipinski definition) is 2. The van der Waals surface area contributed by atoms with Crippen LogP contribution < -0.4 is 0 Å². The van der Waals surface area contributed by atoms with E-state index in [1.165, 1.54) is 78.3 Å². The predicted octanol–water partition coefficient (Wildman–Crippen LogP) is 10.1. The summed E-state index contributed by atoms with van der Waals surface area (Å²) in [6.07, 6.45) is 2.32. The van der Waals surface area contributed by atoms with Gasteiger partial charge in [-0.2, -0.15) is 0 Å². The van der Waals surface area contributed by atoms with Crippen molar-refractivity contribution in [2.45, 2.75) is 0 Å². The van der Waals surface area contributed by atoms with Crippen molar-refractivity contribution in [3.63, 3.8) is 0 Å². The molecule has 4 heterocycles. The molecule has 0 spiro atoms. The quantitative estimate of drug-likeness (QED) is 0.191. The summed E-state index contributed by atoms with van der Waals surface area (Å²) in [5, 5.41) is 12.1. The van der Waals surface area contributed by atoms with Crippen LogP contribution in [-0.4, -0.2) is 4.40 Å². The maximum Gasteiger partial charge on any atom is 0.0614 e. The fourth-order valence-electron chi connectivity index (χ4n) is 6.08. The lowest BCUT2D eigenvalue weighted by atomic mass is 9.97. The molecule has 0 aliphatic heterocycles. The van der Waals surface area contributed by atoms with E-state index in [-0.39, 0.29) is 0 Å². The molecule has 3 heteroatoms. The Morgan fingerprint density at radius 3 is 2.06 bits per heavy atom. The van der Waals surface area contributed by atoms with Crippen molar-refractivity contribution in [1.29, 1.82) is 0 Å². The van der Waals surface area contributed by atoms with Crippen LogP contribution in [0.2, 0.25) is 0 Å². The molecule has 0 fully saturated rings. The molecular formula is C32H17NS2. The molecule has 4 aromatic heterocycles. The summed E-state index contributed by atoms with van der Waals surface area (Å²) >= 11 is 3.80. The fourth-order valence-corrected chi connectivity index (χ4v) is 8.32. The number of pyridine rings is 1. The lowest BCUT2D eigenvalue weighted by Gasteiger charge is -2.12. The minimum absolute atomic E-state index is 1.28. The molecule has 0 atom stereocenters. The van der Waals surface area contributed by atoms with Crippen LogP contribution in [0.4, 0.5) is 0 Å². The van der Waals surface area contributed by atoms with Gasteiger partial charge in [0.25, 0.3) is 0 Å². The number of rotatable bonds is 0. The SMILES string of the molecule is c1ccc2c(c1)cn1c3ccc4sc5ccccc5c4c3c3cc4c(cc3c21)sc1ccccc14. The molecule has 0 saturated carbocycles. The van der Waals surface area contributed by atoms with Crippen molar-refractivity contribution < 1.29 is 0 Å². The second-order valence-electron chi connectivity index (χ2n) is 9.36. The summed E-state index contributed by atoms with van der Waals surface area (Å²) < 4.78 is 7.85. The van der Waals surface area contributed by atoms with Gasteiger partial charge in [0, 0.05) is 68.1 Å². The van der Waals surface area contributed by atoms with Crippen LogP contribution in [0.1, 0.15) is 0 Å². The first-order chi connectivity index (χ1) is 17.3. The van der Waals surface area contributed by atoms with Gasteiger partial charge in [-0.05, 0) is 41.8 Å². The van der Waals surface area contributed by atoms with Gasteiger partial charge < -0.3 is 4.40 Å². The highest BCUT2D eigenvalue weighted by Gasteiger charge is 2.18. The molecule has 162 valence electrons. The van der Waals surface area contributed by atoms with Crippen molar-refractivity contribution in [3.8, 4) is 0 Å². The Morgan fingerprint density at radius 2 is 1.17 bits per heavy atom. The van der Waals surface area contributed by atoms with E-state index in [0.717, 1.165) is 0 Å². The van der Waals surface area contributed by atoms with E-state index in [2.05, 4.69) is 108 Å². The number of thiophene rings is 2. The van der Waals surface area contributed by atoms with E-state index in [4.69, 9.17) is 0 Å². The average molecular weight is 480 g/mol. The van der Waals surface area contributed by atoms with Crippen molar-refractivity contribution in [2.75, 3.05) is 0 Å². The Hall–Kier alpha value is -3.92. The van der Waals surface area contributed by atoms with E-state index in [1.807, 2.05) is 22.7 Å². The Bertz CT molecular complexity index is 2320. The molecule has 0 amide bonds. The first kappa shape index (κ1) is 18.4. The van der Waals surface area contributed by atoms with Gasteiger partial charge in [-0.3, -0.25) is 0 Å². The molecule has 0 unspecified atom stereocenters. The lowest BCUT2D eigenvalue weighted by molar-refractivity contribution is 1.30. The number of benzene rings is 5. The zero-order valence-corrected chi connectivity index (χ0v) is 20.2. The van der Waals surface area contributed by atoms with Gasteiger partial charge in [0.05, 0.1) is 11.0 Å². The summed E-state index contributed by atoms with van der Waals surface area (Å²) in [4.78, 5) is 0.